The van der Waals surface area contributed by atoms with Crippen molar-refractivity contribution in [2.75, 3.05) is 26.2 Å². The smallest absolute Gasteiger partial charge is 0.225 e. The molecule has 2 heterocycles. The molecule has 1 aromatic rings. The number of piperidine rings is 2. The topological polar surface area (TPSA) is 32.8 Å². The molecular weight excluding hydrogens is 336 g/mol. The van der Waals surface area contributed by atoms with Crippen LogP contribution in [-0.4, -0.2) is 48.0 Å². The number of amides is 1. The van der Waals surface area contributed by atoms with E-state index < -0.39 is 0 Å². The number of hydrogen-bond acceptors (Lipinski definition) is 3. The lowest BCUT2D eigenvalue weighted by Gasteiger charge is -2.47. The number of ether oxygens (including phenoxy) is 1. The number of benzene rings is 1. The molecule has 0 bridgehead atoms. The lowest BCUT2D eigenvalue weighted by molar-refractivity contribution is -0.135. The van der Waals surface area contributed by atoms with E-state index >= 15 is 0 Å². The third-order valence-corrected chi connectivity index (χ3v) is 6.66. The zero-order valence-corrected chi connectivity index (χ0v) is 17.0. The highest BCUT2D eigenvalue weighted by Gasteiger charge is 2.41. The van der Waals surface area contributed by atoms with E-state index in [0.717, 1.165) is 38.2 Å². The summed E-state index contributed by atoms with van der Waals surface area (Å²) in [6.07, 6.45) is 7.43. The molecule has 2 saturated heterocycles. The van der Waals surface area contributed by atoms with Crippen LogP contribution in [0.4, 0.5) is 0 Å². The lowest BCUT2D eigenvalue weighted by atomic mass is 9.71. The summed E-state index contributed by atoms with van der Waals surface area (Å²) >= 11 is 0. The van der Waals surface area contributed by atoms with Gasteiger partial charge in [0.05, 0.1) is 6.10 Å². The molecule has 4 nitrogen and oxygen atoms in total. The summed E-state index contributed by atoms with van der Waals surface area (Å²) in [5, 5.41) is 0. The van der Waals surface area contributed by atoms with Crippen molar-refractivity contribution < 1.29 is 9.53 Å². The predicted octanol–water partition coefficient (Wildman–Crippen LogP) is 4.09. The van der Waals surface area contributed by atoms with Crippen LogP contribution < -0.4 is 4.74 Å². The van der Waals surface area contributed by atoms with Crippen LogP contribution in [0, 0.1) is 11.3 Å². The van der Waals surface area contributed by atoms with E-state index in [1.54, 1.807) is 0 Å². The van der Waals surface area contributed by atoms with Crippen molar-refractivity contribution in [1.82, 2.24) is 9.80 Å². The quantitative estimate of drug-likeness (QED) is 0.783. The van der Waals surface area contributed by atoms with Gasteiger partial charge in [0.25, 0.3) is 0 Å². The van der Waals surface area contributed by atoms with Gasteiger partial charge in [0.1, 0.15) is 5.75 Å². The van der Waals surface area contributed by atoms with Crippen LogP contribution in [-0.2, 0) is 11.3 Å². The van der Waals surface area contributed by atoms with Gasteiger partial charge in [0, 0.05) is 25.6 Å². The van der Waals surface area contributed by atoms with E-state index in [9.17, 15) is 4.79 Å². The van der Waals surface area contributed by atoms with Gasteiger partial charge in [0.2, 0.25) is 5.91 Å². The standard InChI is InChI=1S/C23H34N2O2/c1-18(2)27-21-5-3-4-19(16-21)17-24-12-8-23(9-13-24)10-14-25(15-11-23)22(26)20-6-7-20/h3-5,16,18,20H,6-15,17H2,1-2H3. The van der Waals surface area contributed by atoms with E-state index in [4.69, 9.17) is 4.74 Å². The van der Waals surface area contributed by atoms with E-state index in [1.165, 1.54) is 44.3 Å². The van der Waals surface area contributed by atoms with Gasteiger partial charge in [-0.3, -0.25) is 9.69 Å². The van der Waals surface area contributed by atoms with Gasteiger partial charge in [-0.1, -0.05) is 12.1 Å². The lowest BCUT2D eigenvalue weighted by Crippen LogP contribution is -2.48. The Morgan fingerprint density at radius 3 is 2.41 bits per heavy atom. The largest absolute Gasteiger partial charge is 0.491 e. The molecule has 1 saturated carbocycles. The van der Waals surface area contributed by atoms with Gasteiger partial charge in [-0.2, -0.15) is 0 Å². The maximum Gasteiger partial charge on any atom is 0.225 e. The molecule has 4 rings (SSSR count). The SMILES string of the molecule is CC(C)Oc1cccc(CN2CCC3(CC2)CCN(C(=O)C2CC2)CC3)c1. The first-order chi connectivity index (χ1) is 13.0. The van der Waals surface area contributed by atoms with Crippen LogP contribution in [0.5, 0.6) is 5.75 Å². The number of hydrogen-bond donors (Lipinski definition) is 0. The van der Waals surface area contributed by atoms with Crippen LogP contribution in [0.1, 0.15) is 57.9 Å². The van der Waals surface area contributed by atoms with E-state index in [1.807, 2.05) is 6.07 Å². The van der Waals surface area contributed by atoms with Gasteiger partial charge in [-0.05, 0) is 88.6 Å². The second-order valence-corrected chi connectivity index (χ2v) is 9.19. The Morgan fingerprint density at radius 1 is 1.11 bits per heavy atom. The van der Waals surface area contributed by atoms with Crippen molar-refractivity contribution in [2.24, 2.45) is 11.3 Å². The number of nitrogens with zero attached hydrogens (tertiary/aromatic N) is 2. The molecule has 1 aromatic carbocycles. The Hall–Kier alpha value is -1.55. The van der Waals surface area contributed by atoms with Crippen molar-refractivity contribution in [1.29, 1.82) is 0 Å². The maximum absolute atomic E-state index is 12.3. The van der Waals surface area contributed by atoms with Crippen molar-refractivity contribution in [3.05, 3.63) is 29.8 Å². The van der Waals surface area contributed by atoms with Crippen LogP contribution in [0.3, 0.4) is 0 Å². The molecule has 1 aliphatic carbocycles. The molecule has 3 aliphatic rings. The number of rotatable bonds is 5. The molecule has 0 atom stereocenters. The first-order valence-electron chi connectivity index (χ1n) is 10.8. The first kappa shape index (κ1) is 18.8. The minimum Gasteiger partial charge on any atom is -0.491 e. The van der Waals surface area contributed by atoms with Crippen LogP contribution in [0.25, 0.3) is 0 Å². The van der Waals surface area contributed by atoms with Crippen molar-refractivity contribution in [3.8, 4) is 5.75 Å². The van der Waals surface area contributed by atoms with Gasteiger partial charge in [0.15, 0.2) is 0 Å². The highest BCUT2D eigenvalue weighted by atomic mass is 16.5. The summed E-state index contributed by atoms with van der Waals surface area (Å²) in [7, 11) is 0. The summed E-state index contributed by atoms with van der Waals surface area (Å²) in [6, 6.07) is 8.54. The summed E-state index contributed by atoms with van der Waals surface area (Å²) in [6.45, 7) is 9.48. The molecule has 1 spiro atoms. The summed E-state index contributed by atoms with van der Waals surface area (Å²) < 4.78 is 5.83. The van der Waals surface area contributed by atoms with Gasteiger partial charge in [-0.15, -0.1) is 0 Å². The van der Waals surface area contributed by atoms with Crippen molar-refractivity contribution in [3.63, 3.8) is 0 Å². The molecule has 1 amide bonds. The zero-order chi connectivity index (χ0) is 18.9. The fraction of sp³-hybridized carbons (Fsp3) is 0.696. The fourth-order valence-corrected chi connectivity index (χ4v) is 4.72. The van der Waals surface area contributed by atoms with E-state index in [0.29, 0.717) is 17.2 Å². The molecule has 0 radical (unpaired) electrons. The van der Waals surface area contributed by atoms with Crippen molar-refractivity contribution >= 4 is 5.91 Å². The highest BCUT2D eigenvalue weighted by Crippen LogP contribution is 2.42. The Kier molecular flexibility index (Phi) is 5.45. The Bertz CT molecular complexity index is 650. The van der Waals surface area contributed by atoms with E-state index in [-0.39, 0.29) is 6.10 Å². The first-order valence-corrected chi connectivity index (χ1v) is 10.8. The number of likely N-dealkylation sites (tertiary alicyclic amines) is 2. The summed E-state index contributed by atoms with van der Waals surface area (Å²) in [4.78, 5) is 17.0. The van der Waals surface area contributed by atoms with Gasteiger partial charge >= 0.3 is 0 Å². The van der Waals surface area contributed by atoms with Crippen molar-refractivity contribution in [2.45, 2.75) is 65.0 Å². The third kappa shape index (κ3) is 4.66. The second-order valence-electron chi connectivity index (χ2n) is 9.19. The van der Waals surface area contributed by atoms with Crippen LogP contribution >= 0.6 is 0 Å². The Labute approximate surface area is 163 Å². The third-order valence-electron chi connectivity index (χ3n) is 6.66. The molecule has 27 heavy (non-hydrogen) atoms. The fourth-order valence-electron chi connectivity index (χ4n) is 4.72. The zero-order valence-electron chi connectivity index (χ0n) is 17.0. The van der Waals surface area contributed by atoms with Gasteiger partial charge < -0.3 is 9.64 Å². The summed E-state index contributed by atoms with van der Waals surface area (Å²) in [5.74, 6) is 1.78. The second kappa shape index (κ2) is 7.83. The maximum atomic E-state index is 12.3. The molecule has 4 heteroatoms. The van der Waals surface area contributed by atoms with E-state index in [2.05, 4.69) is 41.8 Å². The predicted molar refractivity (Wildman–Crippen MR) is 108 cm³/mol. The minimum absolute atomic E-state index is 0.216. The van der Waals surface area contributed by atoms with Crippen LogP contribution in [0.2, 0.25) is 0 Å². The highest BCUT2D eigenvalue weighted by molar-refractivity contribution is 5.81. The monoisotopic (exact) mass is 370 g/mol. The molecule has 3 fully saturated rings. The number of carbonyl (C=O) groups excluding carboxylic acids is 1. The van der Waals surface area contributed by atoms with Gasteiger partial charge in [-0.25, -0.2) is 0 Å². The average molecular weight is 371 g/mol. The molecule has 0 unspecified atom stereocenters. The molecule has 0 aromatic heterocycles. The molecule has 148 valence electrons. The average Bonchev–Trinajstić information content (AvgIpc) is 3.49. The Balaban J connectivity index is 1.26. The Morgan fingerprint density at radius 2 is 1.78 bits per heavy atom. The minimum atomic E-state index is 0.216. The molecule has 2 aliphatic heterocycles. The molecule has 0 N–H and O–H groups in total. The number of carbonyl (C=O) groups is 1. The normalized spacial score (nSPS) is 23.0. The molecular formula is C23H34N2O2. The van der Waals surface area contributed by atoms with Crippen LogP contribution in [0.15, 0.2) is 24.3 Å². The summed E-state index contributed by atoms with van der Waals surface area (Å²) in [5.41, 5.74) is 1.83.